The van der Waals surface area contributed by atoms with E-state index < -0.39 is 21.8 Å². The lowest BCUT2D eigenvalue weighted by Gasteiger charge is -2.33. The smallest absolute Gasteiger partial charge is 0.354 e. The lowest BCUT2D eigenvalue weighted by molar-refractivity contribution is -0.138. The van der Waals surface area contributed by atoms with Crippen LogP contribution >= 0.6 is 0 Å². The lowest BCUT2D eigenvalue weighted by Crippen LogP contribution is -2.50. The Kier molecular flexibility index (Phi) is 9.76. The van der Waals surface area contributed by atoms with Crippen molar-refractivity contribution in [3.8, 4) is 0 Å². The molecule has 1 aliphatic heterocycles. The van der Waals surface area contributed by atoms with Gasteiger partial charge in [-0.15, -0.1) is 0 Å². The fourth-order valence-corrected chi connectivity index (χ4v) is 6.58. The number of nitrogens with zero attached hydrogens (tertiary/aromatic N) is 4. The zero-order chi connectivity index (χ0) is 30.7. The van der Waals surface area contributed by atoms with Gasteiger partial charge in [0.1, 0.15) is 0 Å². The zero-order valence-corrected chi connectivity index (χ0v) is 24.8. The van der Waals surface area contributed by atoms with Crippen molar-refractivity contribution < 1.29 is 31.2 Å². The second kappa shape index (κ2) is 12.9. The second-order valence-corrected chi connectivity index (χ2v) is 13.3. The fraction of sp³-hybridized carbons (Fsp3) is 0.571. The maximum Gasteiger partial charge on any atom is 0.419 e. The van der Waals surface area contributed by atoms with Gasteiger partial charge in [-0.2, -0.15) is 17.5 Å². The van der Waals surface area contributed by atoms with E-state index in [1.807, 2.05) is 13.8 Å². The molecule has 42 heavy (non-hydrogen) atoms. The summed E-state index contributed by atoms with van der Waals surface area (Å²) in [7, 11) is -3.31. The maximum absolute atomic E-state index is 13.8. The Bertz CT molecular complexity index is 1380. The minimum atomic E-state index is -4.64. The third-order valence-corrected chi connectivity index (χ3v) is 9.61. The van der Waals surface area contributed by atoms with Crippen LogP contribution in [0.4, 0.5) is 24.8 Å². The van der Waals surface area contributed by atoms with Crippen LogP contribution < -0.4 is 10.6 Å². The van der Waals surface area contributed by atoms with Gasteiger partial charge in [0, 0.05) is 55.6 Å². The van der Waals surface area contributed by atoms with Crippen LogP contribution in [-0.2, 0) is 27.4 Å². The summed E-state index contributed by atoms with van der Waals surface area (Å²) in [4.78, 5) is 35.3. The third kappa shape index (κ3) is 7.57. The average molecular weight is 611 g/mol. The van der Waals surface area contributed by atoms with Gasteiger partial charge in [-0.05, 0) is 70.2 Å². The number of alkyl halides is 3. The number of anilines is 2. The van der Waals surface area contributed by atoms with Gasteiger partial charge in [0.2, 0.25) is 21.9 Å². The summed E-state index contributed by atoms with van der Waals surface area (Å²) in [5.74, 6) is -1.03. The van der Waals surface area contributed by atoms with Crippen molar-refractivity contribution in [2.75, 3.05) is 37.2 Å². The summed E-state index contributed by atoms with van der Waals surface area (Å²) in [5, 5.41) is 5.79. The van der Waals surface area contributed by atoms with E-state index in [1.54, 1.807) is 36.1 Å². The van der Waals surface area contributed by atoms with Gasteiger partial charge in [0.05, 0.1) is 17.0 Å². The second-order valence-electron chi connectivity index (χ2n) is 11.0. The molecule has 0 unspecified atom stereocenters. The highest BCUT2D eigenvalue weighted by molar-refractivity contribution is 7.89. The van der Waals surface area contributed by atoms with E-state index in [9.17, 15) is 31.2 Å². The number of aromatic nitrogens is 2. The van der Waals surface area contributed by atoms with E-state index >= 15 is 0 Å². The molecule has 2 aromatic rings. The van der Waals surface area contributed by atoms with E-state index in [1.165, 1.54) is 4.31 Å². The van der Waals surface area contributed by atoms with Gasteiger partial charge < -0.3 is 15.5 Å². The Labute approximate surface area is 244 Å². The van der Waals surface area contributed by atoms with Crippen molar-refractivity contribution in [3.63, 3.8) is 0 Å². The van der Waals surface area contributed by atoms with E-state index in [4.69, 9.17) is 0 Å². The van der Waals surface area contributed by atoms with Crippen molar-refractivity contribution in [2.45, 2.75) is 58.7 Å². The number of benzene rings is 1. The highest BCUT2D eigenvalue weighted by Gasteiger charge is 2.39. The van der Waals surface area contributed by atoms with E-state index in [0.29, 0.717) is 24.1 Å². The van der Waals surface area contributed by atoms with Crippen LogP contribution in [0.5, 0.6) is 0 Å². The van der Waals surface area contributed by atoms with Crippen molar-refractivity contribution >= 4 is 33.5 Å². The van der Waals surface area contributed by atoms with Gasteiger partial charge in [-0.1, -0.05) is 6.42 Å². The quantitative estimate of drug-likeness (QED) is 0.442. The number of hydrogen-bond donors (Lipinski definition) is 2. The molecule has 1 saturated heterocycles. The summed E-state index contributed by atoms with van der Waals surface area (Å²) in [6.07, 6.45) is -1.85. The maximum atomic E-state index is 13.8. The number of amides is 2. The molecule has 0 bridgehead atoms. The first-order valence-corrected chi connectivity index (χ1v) is 15.8. The molecular formula is C28H37F3N6O4S. The van der Waals surface area contributed by atoms with Gasteiger partial charge in [0.25, 0.3) is 5.91 Å². The number of rotatable bonds is 9. The molecule has 0 spiro atoms. The molecule has 2 N–H and O–H groups in total. The predicted octanol–water partition coefficient (Wildman–Crippen LogP) is 3.83. The number of hydrogen-bond acceptors (Lipinski definition) is 7. The molecule has 2 fully saturated rings. The molecular weight excluding hydrogens is 573 g/mol. The van der Waals surface area contributed by atoms with E-state index in [0.717, 1.165) is 12.6 Å². The molecule has 2 atom stereocenters. The third-order valence-electron chi connectivity index (χ3n) is 7.73. The number of carbonyl (C=O) groups is 2. The van der Waals surface area contributed by atoms with E-state index in [-0.39, 0.29) is 79.7 Å². The molecule has 10 nitrogen and oxygen atoms in total. The molecule has 1 saturated carbocycles. The van der Waals surface area contributed by atoms with Crippen molar-refractivity contribution in [3.05, 3.63) is 47.3 Å². The first-order chi connectivity index (χ1) is 19.8. The van der Waals surface area contributed by atoms with Crippen LogP contribution in [0.15, 0.2) is 30.5 Å². The number of carbonyl (C=O) groups excluding carboxylic acids is 2. The topological polar surface area (TPSA) is 125 Å². The summed E-state index contributed by atoms with van der Waals surface area (Å²) < 4.78 is 67.0. The van der Waals surface area contributed by atoms with Crippen molar-refractivity contribution in [2.24, 2.45) is 11.8 Å². The molecule has 1 aliphatic carbocycles. The van der Waals surface area contributed by atoms with Crippen molar-refractivity contribution in [1.82, 2.24) is 24.5 Å². The van der Waals surface area contributed by atoms with Crippen LogP contribution in [0.2, 0.25) is 0 Å². The molecule has 4 rings (SSSR count). The Morgan fingerprint density at radius 3 is 2.33 bits per heavy atom. The lowest BCUT2D eigenvalue weighted by atomic mass is 9.89. The fourth-order valence-electron chi connectivity index (χ4n) is 5.50. The van der Waals surface area contributed by atoms with Crippen molar-refractivity contribution in [1.29, 1.82) is 0 Å². The number of nitrogens with one attached hydrogen (secondary N) is 2. The summed E-state index contributed by atoms with van der Waals surface area (Å²) in [5.41, 5.74) is -0.208. The largest absolute Gasteiger partial charge is 0.419 e. The van der Waals surface area contributed by atoms with Gasteiger partial charge in [-0.3, -0.25) is 9.59 Å². The number of piperazine rings is 1. The molecule has 2 amide bonds. The average Bonchev–Trinajstić information content (AvgIpc) is 3.40. The highest BCUT2D eigenvalue weighted by Crippen LogP contribution is 2.38. The first kappa shape index (κ1) is 31.7. The van der Waals surface area contributed by atoms with Crippen LogP contribution in [0.1, 0.15) is 61.6 Å². The van der Waals surface area contributed by atoms with Crippen LogP contribution in [0.25, 0.3) is 0 Å². The zero-order valence-electron chi connectivity index (χ0n) is 23.9. The molecule has 2 aliphatic rings. The number of sulfonamides is 1. The number of halogens is 3. The Morgan fingerprint density at radius 1 is 1.07 bits per heavy atom. The van der Waals surface area contributed by atoms with Crippen LogP contribution in [0, 0.1) is 11.8 Å². The molecule has 0 radical (unpaired) electrons. The highest BCUT2D eigenvalue weighted by atomic mass is 32.2. The van der Waals surface area contributed by atoms with Gasteiger partial charge >= 0.3 is 6.18 Å². The summed E-state index contributed by atoms with van der Waals surface area (Å²) in [6, 6.07) is 6.32. The van der Waals surface area contributed by atoms with Crippen LogP contribution in [0.3, 0.4) is 0 Å². The summed E-state index contributed by atoms with van der Waals surface area (Å²) >= 11 is 0. The van der Waals surface area contributed by atoms with Crippen LogP contribution in [-0.4, -0.2) is 77.4 Å². The minimum Gasteiger partial charge on any atom is -0.354 e. The molecule has 1 aromatic heterocycles. The molecule has 1 aromatic carbocycles. The monoisotopic (exact) mass is 610 g/mol. The minimum absolute atomic E-state index is 0.00247. The van der Waals surface area contributed by atoms with Gasteiger partial charge in [0.15, 0.2) is 0 Å². The first-order valence-electron chi connectivity index (χ1n) is 14.2. The molecule has 2 heterocycles. The molecule has 230 valence electrons. The predicted molar refractivity (Wildman–Crippen MR) is 152 cm³/mol. The Morgan fingerprint density at radius 2 is 1.74 bits per heavy atom. The normalized spacial score (nSPS) is 20.1. The molecule has 14 heteroatoms. The van der Waals surface area contributed by atoms with E-state index in [2.05, 4.69) is 20.6 Å². The SMILES string of the molecule is CCS(=O)(=O)N1CCN(C(=O)c2ccc(Nc3ncc(C(F)(F)F)c(C[C@@H]4CCC[C@@H]4C(=O)NC(C)C)n3)cc2)CC1. The summed E-state index contributed by atoms with van der Waals surface area (Å²) in [6.45, 7) is 6.30. The van der Waals surface area contributed by atoms with Gasteiger partial charge in [-0.25, -0.2) is 18.4 Å². The standard InChI is InChI=1S/C28H37F3N6O4S/c1-4-42(40,41)37-14-12-36(13-15-37)26(39)19-8-10-21(11-9-19)34-27-32-17-23(28(29,30)31)24(35-27)16-20-6-5-7-22(20)25(38)33-18(2)3/h8-11,17-18,20,22H,4-7,12-16H2,1-3H3,(H,33,38)(H,32,34,35)/t20-,22-/m0/s1. The Hall–Kier alpha value is -3.26. The Balaban J connectivity index is 1.45.